The lowest BCUT2D eigenvalue weighted by atomic mass is 10.1. The average Bonchev–Trinajstić information content (AvgIpc) is 2.50. The second-order valence-electron chi connectivity index (χ2n) is 4.81. The number of aliphatic hydroxyl groups is 1. The number of rotatable bonds is 8. The predicted molar refractivity (Wildman–Crippen MR) is 80.5 cm³/mol. The summed E-state index contributed by atoms with van der Waals surface area (Å²) in [6, 6.07) is 7.34. The number of nitrogens with zero attached hydrogens (tertiary/aromatic N) is 2. The number of aromatic nitrogens is 2. The Morgan fingerprint density at radius 2 is 1.86 bits per heavy atom. The minimum Gasteiger partial charge on any atom is -0.476 e. The van der Waals surface area contributed by atoms with E-state index in [-0.39, 0.29) is 12.3 Å². The summed E-state index contributed by atoms with van der Waals surface area (Å²) in [7, 11) is 0. The van der Waals surface area contributed by atoms with Crippen molar-refractivity contribution in [2.45, 2.75) is 25.7 Å². The predicted octanol–water partition coefficient (Wildman–Crippen LogP) is 2.29. The van der Waals surface area contributed by atoms with Gasteiger partial charge in [0.15, 0.2) is 5.69 Å². The van der Waals surface area contributed by atoms with E-state index in [4.69, 9.17) is 5.11 Å². The Balaban J connectivity index is 2.12. The number of hydrogen-bond acceptors (Lipinski definition) is 5. The van der Waals surface area contributed by atoms with Crippen LogP contribution in [0.15, 0.2) is 24.3 Å². The van der Waals surface area contributed by atoms with Gasteiger partial charge in [0.05, 0.1) is 11.2 Å². The summed E-state index contributed by atoms with van der Waals surface area (Å²) in [6.45, 7) is 0.886. The zero-order valence-electron chi connectivity index (χ0n) is 11.7. The highest BCUT2D eigenvalue weighted by atomic mass is 16.4. The molecule has 0 saturated carbocycles. The number of hydrogen-bond donors (Lipinski definition) is 3. The molecule has 0 unspecified atom stereocenters. The molecule has 0 fully saturated rings. The molecule has 0 aliphatic carbocycles. The molecule has 1 heterocycles. The highest BCUT2D eigenvalue weighted by Gasteiger charge is 2.15. The minimum atomic E-state index is -1.09. The SMILES string of the molecule is O=C(O)c1nnc2ccccc2c1NCCCCCCO. The number of benzene rings is 1. The molecule has 2 aromatic rings. The first kappa shape index (κ1) is 15.2. The Morgan fingerprint density at radius 1 is 1.10 bits per heavy atom. The fourth-order valence-corrected chi connectivity index (χ4v) is 2.19. The number of carboxylic acid groups (broad SMARTS) is 1. The summed E-state index contributed by atoms with van der Waals surface area (Å²) in [5.74, 6) is -1.09. The third-order valence-corrected chi connectivity index (χ3v) is 3.26. The molecular formula is C15H19N3O3. The third-order valence-electron chi connectivity index (χ3n) is 3.26. The fourth-order valence-electron chi connectivity index (χ4n) is 2.19. The van der Waals surface area contributed by atoms with Gasteiger partial charge in [-0.3, -0.25) is 0 Å². The van der Waals surface area contributed by atoms with Crippen LogP contribution in [0, 0.1) is 0 Å². The van der Waals surface area contributed by atoms with E-state index in [9.17, 15) is 9.90 Å². The molecule has 0 saturated heterocycles. The van der Waals surface area contributed by atoms with Crippen LogP contribution < -0.4 is 5.32 Å². The van der Waals surface area contributed by atoms with E-state index in [1.807, 2.05) is 18.2 Å². The van der Waals surface area contributed by atoms with Crippen LogP contribution >= 0.6 is 0 Å². The Morgan fingerprint density at radius 3 is 2.62 bits per heavy atom. The molecule has 0 aliphatic heterocycles. The molecule has 1 aromatic heterocycles. The second-order valence-corrected chi connectivity index (χ2v) is 4.81. The van der Waals surface area contributed by atoms with Gasteiger partial charge in [-0.05, 0) is 18.9 Å². The van der Waals surface area contributed by atoms with E-state index in [2.05, 4.69) is 15.5 Å². The van der Waals surface area contributed by atoms with Crippen LogP contribution in [0.3, 0.4) is 0 Å². The maximum Gasteiger partial charge on any atom is 0.358 e. The lowest BCUT2D eigenvalue weighted by Crippen LogP contribution is -2.11. The fraction of sp³-hybridized carbons (Fsp3) is 0.400. The van der Waals surface area contributed by atoms with E-state index in [1.165, 1.54) is 0 Å². The van der Waals surface area contributed by atoms with Crippen molar-refractivity contribution in [3.8, 4) is 0 Å². The molecule has 1 aromatic carbocycles. The van der Waals surface area contributed by atoms with Crippen LogP contribution in [0.1, 0.15) is 36.2 Å². The van der Waals surface area contributed by atoms with Crippen molar-refractivity contribution < 1.29 is 15.0 Å². The lowest BCUT2D eigenvalue weighted by molar-refractivity contribution is 0.0690. The van der Waals surface area contributed by atoms with E-state index >= 15 is 0 Å². The van der Waals surface area contributed by atoms with Gasteiger partial charge in [-0.2, -0.15) is 0 Å². The van der Waals surface area contributed by atoms with Gasteiger partial charge in [0, 0.05) is 18.5 Å². The van der Waals surface area contributed by atoms with Crippen LogP contribution in [-0.4, -0.2) is 39.5 Å². The largest absolute Gasteiger partial charge is 0.476 e. The molecule has 0 amide bonds. The van der Waals surface area contributed by atoms with Gasteiger partial charge < -0.3 is 15.5 Å². The topological polar surface area (TPSA) is 95.3 Å². The van der Waals surface area contributed by atoms with Crippen molar-refractivity contribution in [3.63, 3.8) is 0 Å². The molecule has 0 bridgehead atoms. The summed E-state index contributed by atoms with van der Waals surface area (Å²) in [5.41, 5.74) is 1.14. The number of aromatic carboxylic acids is 1. The van der Waals surface area contributed by atoms with E-state index in [0.29, 0.717) is 17.7 Å². The van der Waals surface area contributed by atoms with Crippen molar-refractivity contribution in [3.05, 3.63) is 30.0 Å². The zero-order chi connectivity index (χ0) is 15.1. The Labute approximate surface area is 122 Å². The van der Waals surface area contributed by atoms with Gasteiger partial charge in [-0.25, -0.2) is 4.79 Å². The smallest absolute Gasteiger partial charge is 0.358 e. The Kier molecular flexibility index (Phi) is 5.45. The van der Waals surface area contributed by atoms with Gasteiger partial charge in [-0.15, -0.1) is 10.2 Å². The number of unbranched alkanes of at least 4 members (excludes halogenated alkanes) is 3. The van der Waals surface area contributed by atoms with Gasteiger partial charge in [0.2, 0.25) is 0 Å². The molecule has 6 heteroatoms. The first-order chi connectivity index (χ1) is 10.2. The molecule has 0 spiro atoms. The molecule has 0 atom stereocenters. The van der Waals surface area contributed by atoms with Crippen LogP contribution in [-0.2, 0) is 0 Å². The van der Waals surface area contributed by atoms with Crippen molar-refractivity contribution in [1.82, 2.24) is 10.2 Å². The maximum atomic E-state index is 11.3. The van der Waals surface area contributed by atoms with Gasteiger partial charge >= 0.3 is 5.97 Å². The Bertz CT molecular complexity index is 616. The molecule has 3 N–H and O–H groups in total. The quantitative estimate of drug-likeness (QED) is 0.645. The van der Waals surface area contributed by atoms with Crippen LogP contribution in [0.5, 0.6) is 0 Å². The zero-order valence-corrected chi connectivity index (χ0v) is 11.7. The number of nitrogens with one attached hydrogen (secondary N) is 1. The summed E-state index contributed by atoms with van der Waals surface area (Å²) >= 11 is 0. The number of carbonyl (C=O) groups is 1. The van der Waals surface area contributed by atoms with Crippen molar-refractivity contribution >= 4 is 22.6 Å². The average molecular weight is 289 g/mol. The van der Waals surface area contributed by atoms with E-state index in [1.54, 1.807) is 6.07 Å². The summed E-state index contributed by atoms with van der Waals surface area (Å²) < 4.78 is 0. The highest BCUT2D eigenvalue weighted by Crippen LogP contribution is 2.24. The third kappa shape index (κ3) is 3.88. The van der Waals surface area contributed by atoms with E-state index < -0.39 is 5.97 Å². The molecule has 6 nitrogen and oxygen atoms in total. The number of carboxylic acids is 1. The van der Waals surface area contributed by atoms with Crippen molar-refractivity contribution in [2.24, 2.45) is 0 Å². The first-order valence-electron chi connectivity index (χ1n) is 7.07. The molecule has 0 aliphatic rings. The summed E-state index contributed by atoms with van der Waals surface area (Å²) in [6.07, 6.45) is 3.68. The van der Waals surface area contributed by atoms with Gasteiger partial charge in [0.1, 0.15) is 0 Å². The number of aliphatic hydroxyl groups excluding tert-OH is 1. The summed E-state index contributed by atoms with van der Waals surface area (Å²) in [4.78, 5) is 11.3. The monoisotopic (exact) mass is 289 g/mol. The van der Waals surface area contributed by atoms with Crippen LogP contribution in [0.25, 0.3) is 10.9 Å². The van der Waals surface area contributed by atoms with Gasteiger partial charge in [0.25, 0.3) is 0 Å². The maximum absolute atomic E-state index is 11.3. The molecule has 21 heavy (non-hydrogen) atoms. The molecular weight excluding hydrogens is 270 g/mol. The van der Waals surface area contributed by atoms with Crippen LogP contribution in [0.2, 0.25) is 0 Å². The number of anilines is 1. The minimum absolute atomic E-state index is 0.0518. The molecule has 2 rings (SSSR count). The van der Waals surface area contributed by atoms with E-state index in [0.717, 1.165) is 31.1 Å². The summed E-state index contributed by atoms with van der Waals surface area (Å²) in [5, 5.41) is 29.6. The van der Waals surface area contributed by atoms with Crippen molar-refractivity contribution in [2.75, 3.05) is 18.5 Å². The highest BCUT2D eigenvalue weighted by molar-refractivity contribution is 6.02. The normalized spacial score (nSPS) is 10.7. The van der Waals surface area contributed by atoms with Crippen LogP contribution in [0.4, 0.5) is 5.69 Å². The Hall–Kier alpha value is -2.21. The lowest BCUT2D eigenvalue weighted by Gasteiger charge is -2.11. The molecule has 112 valence electrons. The second kappa shape index (κ2) is 7.54. The van der Waals surface area contributed by atoms with Gasteiger partial charge in [-0.1, -0.05) is 31.0 Å². The first-order valence-corrected chi connectivity index (χ1v) is 7.07. The standard InChI is InChI=1S/C15H19N3O3/c19-10-6-2-1-5-9-16-13-11-7-3-4-8-12(11)17-18-14(13)15(20)21/h3-4,7-8,19H,1-2,5-6,9-10H2,(H,16,17)(H,20,21). The molecule has 0 radical (unpaired) electrons. The van der Waals surface area contributed by atoms with Crippen molar-refractivity contribution in [1.29, 1.82) is 0 Å². The number of fused-ring (bicyclic) bond motifs is 1.